The number of rotatable bonds is 5. The molecule has 1 aliphatic heterocycles. The van der Waals surface area contributed by atoms with Crippen molar-refractivity contribution in [2.45, 2.75) is 19.4 Å². The van der Waals surface area contributed by atoms with E-state index in [9.17, 15) is 4.79 Å². The van der Waals surface area contributed by atoms with Crippen LogP contribution in [0.4, 0.5) is 5.69 Å². The summed E-state index contributed by atoms with van der Waals surface area (Å²) < 4.78 is 5.41. The first-order chi connectivity index (χ1) is 14.1. The zero-order valence-corrected chi connectivity index (χ0v) is 17.0. The largest absolute Gasteiger partial charge is 0.338 e. The fourth-order valence-electron chi connectivity index (χ4n) is 3.65. The Hall–Kier alpha value is -2.70. The second-order valence-electron chi connectivity index (χ2n) is 7.31. The van der Waals surface area contributed by atoms with Crippen LogP contribution >= 0.6 is 11.6 Å². The molecule has 0 aliphatic carbocycles. The Morgan fingerprint density at radius 2 is 1.93 bits per heavy atom. The summed E-state index contributed by atoms with van der Waals surface area (Å²) in [5, 5.41) is 4.70. The van der Waals surface area contributed by atoms with E-state index in [1.54, 1.807) is 4.90 Å². The molecular weight excluding hydrogens is 388 g/mol. The summed E-state index contributed by atoms with van der Waals surface area (Å²) in [7, 11) is 1.85. The Bertz CT molecular complexity index is 968. The van der Waals surface area contributed by atoms with Crippen molar-refractivity contribution < 1.29 is 9.32 Å². The molecule has 29 heavy (non-hydrogen) atoms. The number of piperidine rings is 1. The van der Waals surface area contributed by atoms with Crippen LogP contribution in [0.2, 0.25) is 5.02 Å². The minimum Gasteiger partial charge on any atom is -0.338 e. The molecule has 0 N–H and O–H groups in total. The fourth-order valence-corrected chi connectivity index (χ4v) is 3.84. The summed E-state index contributed by atoms with van der Waals surface area (Å²) in [4.78, 5) is 21.3. The molecule has 1 aliphatic rings. The molecule has 0 spiro atoms. The van der Waals surface area contributed by atoms with Crippen LogP contribution in [-0.4, -0.2) is 41.1 Å². The summed E-state index contributed by atoms with van der Waals surface area (Å²) in [6.45, 7) is 2.24. The zero-order valence-electron chi connectivity index (χ0n) is 16.3. The van der Waals surface area contributed by atoms with E-state index in [-0.39, 0.29) is 11.8 Å². The third kappa shape index (κ3) is 4.66. The molecule has 0 radical (unpaired) electrons. The van der Waals surface area contributed by atoms with Crippen LogP contribution in [0.15, 0.2) is 59.1 Å². The Labute approximate surface area is 175 Å². The van der Waals surface area contributed by atoms with Crippen molar-refractivity contribution in [2.24, 2.45) is 5.92 Å². The van der Waals surface area contributed by atoms with E-state index in [1.165, 1.54) is 0 Å². The lowest BCUT2D eigenvalue weighted by atomic mass is 9.95. The number of hydrogen-bond acceptors (Lipinski definition) is 5. The number of aromatic nitrogens is 2. The molecule has 0 unspecified atom stereocenters. The van der Waals surface area contributed by atoms with Crippen molar-refractivity contribution in [1.29, 1.82) is 0 Å². The second-order valence-corrected chi connectivity index (χ2v) is 7.74. The Morgan fingerprint density at radius 1 is 1.17 bits per heavy atom. The van der Waals surface area contributed by atoms with Gasteiger partial charge in [-0.25, -0.2) is 0 Å². The molecule has 6 nitrogen and oxygen atoms in total. The van der Waals surface area contributed by atoms with Crippen LogP contribution in [0.3, 0.4) is 0 Å². The molecule has 1 aromatic heterocycles. The lowest BCUT2D eigenvalue weighted by molar-refractivity contribution is -0.123. The van der Waals surface area contributed by atoms with Gasteiger partial charge in [0.15, 0.2) is 0 Å². The van der Waals surface area contributed by atoms with Gasteiger partial charge >= 0.3 is 0 Å². The number of likely N-dealkylation sites (tertiary alicyclic amines) is 1. The molecule has 1 saturated heterocycles. The quantitative estimate of drug-likeness (QED) is 0.628. The van der Waals surface area contributed by atoms with Gasteiger partial charge in [-0.05, 0) is 50.2 Å². The van der Waals surface area contributed by atoms with Crippen molar-refractivity contribution in [1.82, 2.24) is 15.0 Å². The maximum Gasteiger partial charge on any atom is 0.241 e. The number of carbonyl (C=O) groups excluding carboxylic acids is 1. The van der Waals surface area contributed by atoms with E-state index in [0.717, 1.165) is 37.2 Å². The first-order valence-electron chi connectivity index (χ1n) is 9.73. The van der Waals surface area contributed by atoms with Crippen molar-refractivity contribution in [3.8, 4) is 11.4 Å². The lowest BCUT2D eigenvalue weighted by Crippen LogP contribution is -2.41. The van der Waals surface area contributed by atoms with E-state index >= 15 is 0 Å². The van der Waals surface area contributed by atoms with Gasteiger partial charge in [-0.3, -0.25) is 9.69 Å². The maximum absolute atomic E-state index is 12.8. The Balaban J connectivity index is 1.32. The molecule has 0 saturated carbocycles. The van der Waals surface area contributed by atoms with Gasteiger partial charge in [0.2, 0.25) is 17.6 Å². The number of anilines is 1. The molecule has 2 aromatic carbocycles. The van der Waals surface area contributed by atoms with Gasteiger partial charge in [0.1, 0.15) is 0 Å². The molecule has 3 aromatic rings. The molecule has 2 heterocycles. The lowest BCUT2D eigenvalue weighted by Gasteiger charge is -2.32. The van der Waals surface area contributed by atoms with Gasteiger partial charge in [0.05, 0.1) is 6.54 Å². The smallest absolute Gasteiger partial charge is 0.241 e. The highest BCUT2D eigenvalue weighted by Crippen LogP contribution is 2.24. The van der Waals surface area contributed by atoms with Crippen molar-refractivity contribution in [3.63, 3.8) is 0 Å². The fraction of sp³-hybridized carbons (Fsp3) is 0.318. The molecule has 0 bridgehead atoms. The average Bonchev–Trinajstić information content (AvgIpc) is 3.22. The van der Waals surface area contributed by atoms with Crippen molar-refractivity contribution >= 4 is 23.2 Å². The van der Waals surface area contributed by atoms with Crippen LogP contribution in [0, 0.1) is 5.92 Å². The summed E-state index contributed by atoms with van der Waals surface area (Å²) in [6, 6.07) is 17.2. The second kappa shape index (κ2) is 8.76. The molecule has 150 valence electrons. The number of nitrogens with zero attached hydrogens (tertiary/aromatic N) is 4. The number of halogens is 1. The van der Waals surface area contributed by atoms with E-state index in [0.29, 0.717) is 23.3 Å². The molecule has 4 rings (SSSR count). The molecule has 1 fully saturated rings. The van der Waals surface area contributed by atoms with Crippen LogP contribution in [0.1, 0.15) is 18.7 Å². The standard InChI is InChI=1S/C22H23ClN4O2/c1-26(19-8-3-2-4-9-19)22(28)16-10-12-27(13-11-16)15-20-24-21(25-29-20)17-6-5-7-18(23)14-17/h2-9,14,16H,10-13,15H2,1H3. The first kappa shape index (κ1) is 19.6. The monoisotopic (exact) mass is 410 g/mol. The van der Waals surface area contributed by atoms with Crippen molar-refractivity contribution in [3.05, 3.63) is 65.5 Å². The number of amides is 1. The zero-order chi connectivity index (χ0) is 20.2. The summed E-state index contributed by atoms with van der Waals surface area (Å²) in [6.07, 6.45) is 1.65. The Morgan fingerprint density at radius 3 is 2.66 bits per heavy atom. The molecular formula is C22H23ClN4O2. The van der Waals surface area contributed by atoms with Crippen LogP contribution in [-0.2, 0) is 11.3 Å². The first-order valence-corrected chi connectivity index (χ1v) is 10.1. The number of hydrogen-bond donors (Lipinski definition) is 0. The minimum absolute atomic E-state index is 0.0427. The SMILES string of the molecule is CN(C(=O)C1CCN(Cc2nc(-c3cccc(Cl)c3)no2)CC1)c1ccccc1. The number of carbonyl (C=O) groups is 1. The van der Waals surface area contributed by atoms with Gasteiger partial charge in [-0.1, -0.05) is 47.1 Å². The molecule has 7 heteroatoms. The highest BCUT2D eigenvalue weighted by atomic mass is 35.5. The summed E-state index contributed by atoms with van der Waals surface area (Å²) in [5.74, 6) is 1.33. The van der Waals surface area contributed by atoms with E-state index in [4.69, 9.17) is 16.1 Å². The van der Waals surface area contributed by atoms with Gasteiger partial charge in [-0.2, -0.15) is 4.98 Å². The van der Waals surface area contributed by atoms with E-state index < -0.39 is 0 Å². The topological polar surface area (TPSA) is 62.5 Å². The average molecular weight is 411 g/mol. The van der Waals surface area contributed by atoms with Crippen molar-refractivity contribution in [2.75, 3.05) is 25.0 Å². The molecule has 0 atom stereocenters. The maximum atomic E-state index is 12.8. The predicted molar refractivity (Wildman–Crippen MR) is 113 cm³/mol. The predicted octanol–water partition coefficient (Wildman–Crippen LogP) is 4.27. The van der Waals surface area contributed by atoms with E-state index in [1.807, 2.05) is 61.6 Å². The van der Waals surface area contributed by atoms with Crippen LogP contribution in [0.25, 0.3) is 11.4 Å². The number of benzene rings is 2. The highest BCUT2D eigenvalue weighted by Gasteiger charge is 2.28. The van der Waals surface area contributed by atoms with Gasteiger partial charge < -0.3 is 9.42 Å². The molecule has 1 amide bonds. The Kier molecular flexibility index (Phi) is 5.92. The third-order valence-corrected chi connectivity index (χ3v) is 5.56. The van der Waals surface area contributed by atoms with Gasteiger partial charge in [0, 0.05) is 29.2 Å². The number of para-hydroxylation sites is 1. The van der Waals surface area contributed by atoms with Crippen LogP contribution in [0.5, 0.6) is 0 Å². The summed E-state index contributed by atoms with van der Waals surface area (Å²) >= 11 is 6.03. The summed E-state index contributed by atoms with van der Waals surface area (Å²) in [5.41, 5.74) is 1.76. The normalized spacial score (nSPS) is 15.4. The third-order valence-electron chi connectivity index (χ3n) is 5.32. The van der Waals surface area contributed by atoms with E-state index in [2.05, 4.69) is 15.0 Å². The minimum atomic E-state index is 0.0427. The van der Waals surface area contributed by atoms with Gasteiger partial charge in [-0.15, -0.1) is 0 Å². The van der Waals surface area contributed by atoms with Gasteiger partial charge in [0.25, 0.3) is 0 Å². The van der Waals surface area contributed by atoms with Crippen LogP contribution < -0.4 is 4.90 Å². The highest BCUT2D eigenvalue weighted by molar-refractivity contribution is 6.30.